The molecule has 164 valence electrons. The first-order chi connectivity index (χ1) is 14.6. The molecule has 0 fully saturated rings. The second-order valence-electron chi connectivity index (χ2n) is 7.88. The van der Waals surface area contributed by atoms with Crippen LogP contribution in [0, 0.1) is 0 Å². The average Bonchev–Trinajstić information content (AvgIpc) is 2.72. The van der Waals surface area contributed by atoms with Gasteiger partial charge < -0.3 is 4.74 Å². The molecule has 0 unspecified atom stereocenters. The van der Waals surface area contributed by atoms with Gasteiger partial charge in [0.05, 0.1) is 11.3 Å². The predicted octanol–water partition coefficient (Wildman–Crippen LogP) is 7.83. The fourth-order valence-electron chi connectivity index (χ4n) is 2.88. The van der Waals surface area contributed by atoms with Gasteiger partial charge in [0.1, 0.15) is 5.75 Å². The molecule has 0 bridgehead atoms. The van der Waals surface area contributed by atoms with Crippen LogP contribution in [0.1, 0.15) is 61.9 Å². The van der Waals surface area contributed by atoms with Gasteiger partial charge in [-0.15, -0.1) is 0 Å². The zero-order chi connectivity index (χ0) is 22.6. The summed E-state index contributed by atoms with van der Waals surface area (Å²) in [6, 6.07) is 15.0. The summed E-state index contributed by atoms with van der Waals surface area (Å²) >= 11 is 1.29. The van der Waals surface area contributed by atoms with Crippen LogP contribution in [0.4, 0.5) is 13.2 Å². The van der Waals surface area contributed by atoms with Crippen molar-refractivity contribution in [2.45, 2.75) is 56.6 Å². The molecule has 0 saturated carbocycles. The molecule has 0 radical (unpaired) electrons. The van der Waals surface area contributed by atoms with Gasteiger partial charge in [-0.25, -0.2) is 4.98 Å². The molecule has 3 aromatic rings. The van der Waals surface area contributed by atoms with Crippen molar-refractivity contribution in [1.29, 1.82) is 0 Å². The minimum absolute atomic E-state index is 0.153. The number of thioether (sulfide) groups is 1. The van der Waals surface area contributed by atoms with E-state index in [1.807, 2.05) is 38.1 Å². The Morgan fingerprint density at radius 1 is 0.903 bits per heavy atom. The van der Waals surface area contributed by atoms with Crippen molar-refractivity contribution in [2.75, 3.05) is 0 Å². The molecule has 0 saturated heterocycles. The van der Waals surface area contributed by atoms with E-state index >= 15 is 0 Å². The Kier molecular flexibility index (Phi) is 7.26. The van der Waals surface area contributed by atoms with E-state index in [0.717, 1.165) is 23.4 Å². The lowest BCUT2D eigenvalue weighted by Crippen LogP contribution is -2.05. The van der Waals surface area contributed by atoms with Gasteiger partial charge in [0, 0.05) is 11.8 Å². The molecule has 7 heteroatoms. The second-order valence-corrected chi connectivity index (χ2v) is 8.83. The molecule has 31 heavy (non-hydrogen) atoms. The number of alkyl halides is 3. The number of nitrogens with zero attached hydrogens (tertiary/aromatic N) is 2. The normalized spacial score (nSPS) is 11.9. The number of benzene rings is 2. The number of aromatic nitrogens is 2. The molecule has 0 aliphatic rings. The quantitative estimate of drug-likeness (QED) is 0.274. The highest BCUT2D eigenvalue weighted by Crippen LogP contribution is 2.32. The standard InChI is InChI=1S/C24H25F3N2OS/c1-15(2)18-8-6-10-20(12-18)30-22-13-21(16(3)4)28-23(29-22)31-14-17-7-5-9-19(11-17)24(25,26)27/h5-13,15-16H,14H2,1-4H3. The number of ether oxygens (including phenoxy) is 1. The lowest BCUT2D eigenvalue weighted by molar-refractivity contribution is -0.137. The smallest absolute Gasteiger partial charge is 0.416 e. The molecular weight excluding hydrogens is 421 g/mol. The lowest BCUT2D eigenvalue weighted by Gasteiger charge is -2.13. The monoisotopic (exact) mass is 446 g/mol. The van der Waals surface area contributed by atoms with Crippen molar-refractivity contribution < 1.29 is 17.9 Å². The number of hydrogen-bond acceptors (Lipinski definition) is 4. The average molecular weight is 447 g/mol. The summed E-state index contributed by atoms with van der Waals surface area (Å²) in [4.78, 5) is 9.04. The second kappa shape index (κ2) is 9.73. The van der Waals surface area contributed by atoms with E-state index in [9.17, 15) is 13.2 Å². The Bertz CT molecular complexity index is 1040. The maximum absolute atomic E-state index is 13.0. The van der Waals surface area contributed by atoms with Gasteiger partial charge >= 0.3 is 6.18 Å². The summed E-state index contributed by atoms with van der Waals surface area (Å²) in [6.45, 7) is 8.27. The van der Waals surface area contributed by atoms with Gasteiger partial charge in [0.25, 0.3) is 0 Å². The van der Waals surface area contributed by atoms with E-state index in [1.165, 1.54) is 17.8 Å². The Hall–Kier alpha value is -2.54. The molecule has 0 N–H and O–H groups in total. The molecule has 1 heterocycles. The third-order valence-electron chi connectivity index (χ3n) is 4.66. The van der Waals surface area contributed by atoms with Gasteiger partial charge in [-0.05, 0) is 41.2 Å². The van der Waals surface area contributed by atoms with E-state index in [0.29, 0.717) is 34.0 Å². The molecule has 1 aromatic heterocycles. The molecule has 3 nitrogen and oxygen atoms in total. The largest absolute Gasteiger partial charge is 0.439 e. The highest BCUT2D eigenvalue weighted by atomic mass is 32.2. The molecule has 0 atom stereocenters. The van der Waals surface area contributed by atoms with Crippen molar-refractivity contribution >= 4 is 11.8 Å². The minimum Gasteiger partial charge on any atom is -0.439 e. The molecule has 0 aliphatic carbocycles. The van der Waals surface area contributed by atoms with E-state index in [2.05, 4.69) is 23.8 Å². The third-order valence-corrected chi connectivity index (χ3v) is 5.58. The van der Waals surface area contributed by atoms with Crippen LogP contribution in [0.3, 0.4) is 0 Å². The van der Waals surface area contributed by atoms with Crippen LogP contribution in [0.2, 0.25) is 0 Å². The fraction of sp³-hybridized carbons (Fsp3) is 0.333. The van der Waals surface area contributed by atoms with Crippen molar-refractivity contribution in [2.24, 2.45) is 0 Å². The topological polar surface area (TPSA) is 35.0 Å². The third kappa shape index (κ3) is 6.47. The first-order valence-electron chi connectivity index (χ1n) is 10.1. The minimum atomic E-state index is -4.36. The summed E-state index contributed by atoms with van der Waals surface area (Å²) in [5.74, 6) is 1.96. The fourth-order valence-corrected chi connectivity index (χ4v) is 3.68. The molecule has 0 amide bonds. The van der Waals surface area contributed by atoms with Gasteiger partial charge in [0.15, 0.2) is 5.16 Å². The van der Waals surface area contributed by atoms with Crippen molar-refractivity contribution in [3.8, 4) is 11.6 Å². The highest BCUT2D eigenvalue weighted by Gasteiger charge is 2.30. The molecule has 2 aromatic carbocycles. The molecule has 0 spiro atoms. The van der Waals surface area contributed by atoms with Crippen molar-refractivity contribution in [1.82, 2.24) is 9.97 Å². The maximum atomic E-state index is 13.0. The summed E-state index contributed by atoms with van der Waals surface area (Å²) in [7, 11) is 0. The van der Waals surface area contributed by atoms with Crippen LogP contribution < -0.4 is 4.74 Å². The van der Waals surface area contributed by atoms with Crippen LogP contribution in [0.15, 0.2) is 59.8 Å². The Morgan fingerprint density at radius 3 is 2.32 bits per heavy atom. The van der Waals surface area contributed by atoms with Crippen molar-refractivity contribution in [3.05, 3.63) is 77.0 Å². The zero-order valence-electron chi connectivity index (χ0n) is 17.9. The first-order valence-corrected chi connectivity index (χ1v) is 11.1. The van der Waals surface area contributed by atoms with Gasteiger partial charge in [-0.2, -0.15) is 18.2 Å². The zero-order valence-corrected chi connectivity index (χ0v) is 18.7. The number of halogens is 3. The maximum Gasteiger partial charge on any atom is 0.416 e. The van der Waals surface area contributed by atoms with Crippen LogP contribution in [0.5, 0.6) is 11.6 Å². The SMILES string of the molecule is CC(C)c1cccc(Oc2cc(C(C)C)nc(SCc3cccc(C(F)(F)F)c3)n2)c1. The predicted molar refractivity (Wildman–Crippen MR) is 118 cm³/mol. The number of rotatable bonds is 7. The van der Waals surface area contributed by atoms with E-state index in [1.54, 1.807) is 12.1 Å². The van der Waals surface area contributed by atoms with Crippen LogP contribution in [0.25, 0.3) is 0 Å². The van der Waals surface area contributed by atoms with Gasteiger partial charge in [-0.3, -0.25) is 0 Å². The summed E-state index contributed by atoms with van der Waals surface area (Å²) in [6.07, 6.45) is -4.36. The van der Waals surface area contributed by atoms with E-state index in [4.69, 9.17) is 4.74 Å². The van der Waals surface area contributed by atoms with E-state index < -0.39 is 11.7 Å². The highest BCUT2D eigenvalue weighted by molar-refractivity contribution is 7.98. The molecule has 0 aliphatic heterocycles. The van der Waals surface area contributed by atoms with Gasteiger partial charge in [0.2, 0.25) is 5.88 Å². The summed E-state index contributed by atoms with van der Waals surface area (Å²) < 4.78 is 44.9. The van der Waals surface area contributed by atoms with E-state index in [-0.39, 0.29) is 5.92 Å². The summed E-state index contributed by atoms with van der Waals surface area (Å²) in [5.41, 5.74) is 1.88. The van der Waals surface area contributed by atoms with Crippen LogP contribution in [-0.2, 0) is 11.9 Å². The number of hydrogen-bond donors (Lipinski definition) is 0. The summed E-state index contributed by atoms with van der Waals surface area (Å²) in [5, 5.41) is 0.471. The Morgan fingerprint density at radius 2 is 1.65 bits per heavy atom. The van der Waals surface area contributed by atoms with Crippen LogP contribution >= 0.6 is 11.8 Å². The lowest BCUT2D eigenvalue weighted by atomic mass is 10.0. The molecule has 3 rings (SSSR count). The van der Waals surface area contributed by atoms with Crippen molar-refractivity contribution in [3.63, 3.8) is 0 Å². The molecular formula is C24H25F3N2OS. The van der Waals surface area contributed by atoms with Gasteiger partial charge in [-0.1, -0.05) is 69.8 Å². The Balaban J connectivity index is 1.81. The first kappa shape index (κ1) is 23.1. The van der Waals surface area contributed by atoms with Crippen LogP contribution in [-0.4, -0.2) is 9.97 Å². The Labute approximate surface area is 185 Å².